The van der Waals surface area contributed by atoms with Crippen LogP contribution in [0.3, 0.4) is 0 Å². The fourth-order valence-corrected chi connectivity index (χ4v) is 176. The van der Waals surface area contributed by atoms with E-state index in [9.17, 15) is 0 Å². The molecule has 0 amide bonds. The van der Waals surface area contributed by atoms with Gasteiger partial charge in [-0.25, -0.2) is 0 Å². The minimum atomic E-state index is -1.69. The summed E-state index contributed by atoms with van der Waals surface area (Å²) in [5, 5.41) is 0. The molecular formula is CH4P4S10. The summed E-state index contributed by atoms with van der Waals surface area (Å²) in [4.78, 5) is 0. The van der Waals surface area contributed by atoms with Crippen molar-refractivity contribution in [3.8, 4) is 0 Å². The maximum Gasteiger partial charge on any atom is 0.127 e. The van der Waals surface area contributed by atoms with Crippen LogP contribution in [-0.4, -0.2) is 6.66 Å². The van der Waals surface area contributed by atoms with Crippen molar-refractivity contribution in [1.29, 1.82) is 0 Å². The fraction of sp³-hybridized carbons (Fsp3) is 1.00. The summed E-state index contributed by atoms with van der Waals surface area (Å²) < 4.78 is -6.25. The van der Waals surface area contributed by atoms with E-state index in [1.807, 2.05) is 33.0 Å². The van der Waals surface area contributed by atoms with E-state index in [4.69, 9.17) is 47.2 Å². The van der Waals surface area contributed by atoms with E-state index in [-0.39, 0.29) is 0 Å². The SMILES string of the molecule is CP1(=S)SP2(=S)SP(=S)(S)SP(=S)(S1)S2. The van der Waals surface area contributed by atoms with Crippen LogP contribution in [-0.2, 0) is 47.2 Å². The Morgan fingerprint density at radius 2 is 1.20 bits per heavy atom. The average molecular weight is 461 g/mol. The van der Waals surface area contributed by atoms with Gasteiger partial charge in [0.1, 0.15) is 10.9 Å². The molecule has 2 unspecified atom stereocenters. The predicted octanol–water partition coefficient (Wildman–Crippen LogP) is 7.22. The van der Waals surface area contributed by atoms with Crippen LogP contribution in [0, 0.1) is 0 Å². The highest BCUT2D eigenvalue weighted by Crippen LogP contribution is 3.20. The smallest absolute Gasteiger partial charge is 0.121 e. The first-order valence-corrected chi connectivity index (χ1v) is 26.1. The van der Waals surface area contributed by atoms with Crippen molar-refractivity contribution in [3.05, 3.63) is 0 Å². The first-order valence-electron chi connectivity index (χ1n) is 3.20. The molecule has 0 spiro atoms. The molecule has 0 radical (unpaired) electrons. The van der Waals surface area contributed by atoms with Crippen molar-refractivity contribution < 1.29 is 0 Å². The van der Waals surface area contributed by atoms with E-state index in [1.54, 1.807) is 22.0 Å². The molecule has 2 rings (SSSR count). The van der Waals surface area contributed by atoms with Crippen molar-refractivity contribution in [3.63, 3.8) is 0 Å². The number of fused-ring (bicyclic) bond motifs is 2. The van der Waals surface area contributed by atoms with Gasteiger partial charge in [0, 0.05) is 0 Å². The topological polar surface area (TPSA) is 0 Å². The number of thiol groups is 1. The largest absolute Gasteiger partial charge is 0.127 e. The standard InChI is InChI=1S/CH4P4S10/c1-2(6)11-4(9)13-3(7,8)14-5(10,12-2)15-4/h1H3,(H,7,8). The lowest BCUT2D eigenvalue weighted by molar-refractivity contribution is 2.50. The second kappa shape index (κ2) is 5.16. The lowest BCUT2D eigenvalue weighted by Gasteiger charge is -2.43. The Morgan fingerprint density at radius 3 is 1.60 bits per heavy atom. The van der Waals surface area contributed by atoms with Crippen LogP contribution in [0.5, 0.6) is 0 Å². The average Bonchev–Trinajstić information content (AvgIpc) is 1.67. The predicted molar refractivity (Wildman–Crippen MR) is 110 cm³/mol. The molecule has 88 valence electrons. The normalized spacial score (nSPS) is 60.1. The van der Waals surface area contributed by atoms with Crippen LogP contribution in [0.1, 0.15) is 0 Å². The van der Waals surface area contributed by atoms with Gasteiger partial charge >= 0.3 is 0 Å². The zero-order chi connectivity index (χ0) is 11.5. The number of hydrogen-bond acceptors (Lipinski definition) is 9. The molecule has 0 aromatic heterocycles. The van der Waals surface area contributed by atoms with Gasteiger partial charge in [0.25, 0.3) is 0 Å². The molecule has 2 saturated heterocycles. The van der Waals surface area contributed by atoms with Crippen LogP contribution in [0.15, 0.2) is 0 Å². The molecule has 15 heavy (non-hydrogen) atoms. The van der Waals surface area contributed by atoms with Gasteiger partial charge in [-0.1, -0.05) is 69.2 Å². The Labute approximate surface area is 134 Å². The van der Waals surface area contributed by atoms with Gasteiger partial charge in [-0.15, -0.1) is 12.2 Å². The van der Waals surface area contributed by atoms with Crippen molar-refractivity contribution in [2.45, 2.75) is 0 Å². The zero-order valence-electron chi connectivity index (χ0n) is 6.91. The molecule has 0 N–H and O–H groups in total. The Kier molecular flexibility index (Phi) is 5.53. The molecule has 14 heteroatoms. The summed E-state index contributed by atoms with van der Waals surface area (Å²) in [6.45, 7) is 2.16. The highest BCUT2D eigenvalue weighted by molar-refractivity contribution is 9.72. The van der Waals surface area contributed by atoms with E-state index in [0.717, 1.165) is 0 Å². The Morgan fingerprint density at radius 1 is 0.800 bits per heavy atom. The van der Waals surface area contributed by atoms with Crippen molar-refractivity contribution in [1.82, 2.24) is 0 Å². The summed E-state index contributed by atoms with van der Waals surface area (Å²) in [6.07, 6.45) is 0. The van der Waals surface area contributed by atoms with Crippen LogP contribution >= 0.6 is 82.6 Å². The summed E-state index contributed by atoms with van der Waals surface area (Å²) in [6, 6.07) is 0. The summed E-state index contributed by atoms with van der Waals surface area (Å²) in [5.74, 6) is 0. The highest BCUT2D eigenvalue weighted by Gasteiger charge is 2.50. The molecule has 2 atom stereocenters. The zero-order valence-corrected chi connectivity index (χ0v) is 18.7. The third kappa shape index (κ3) is 4.33. The Bertz CT molecular complexity index is 399. The molecule has 2 aliphatic rings. The second-order valence-corrected chi connectivity index (χ2v) is 58.8. The van der Waals surface area contributed by atoms with Crippen LogP contribution < -0.4 is 0 Å². The van der Waals surface area contributed by atoms with E-state index in [1.165, 1.54) is 0 Å². The van der Waals surface area contributed by atoms with Gasteiger partial charge in [-0.3, -0.25) is 0 Å². The number of rotatable bonds is 0. The lowest BCUT2D eigenvalue weighted by Crippen LogP contribution is -1.77. The van der Waals surface area contributed by atoms with Crippen LogP contribution in [0.25, 0.3) is 0 Å². The summed E-state index contributed by atoms with van der Waals surface area (Å²) in [5.41, 5.74) is 0. The van der Waals surface area contributed by atoms with Gasteiger partial charge in [0.05, 0.1) is 4.44 Å². The van der Waals surface area contributed by atoms with Crippen molar-refractivity contribution in [2.75, 3.05) is 6.66 Å². The quantitative estimate of drug-likeness (QED) is 0.291. The molecule has 0 aromatic carbocycles. The third-order valence-electron chi connectivity index (χ3n) is 1.10. The summed E-state index contributed by atoms with van der Waals surface area (Å²) >= 11 is 36.4. The van der Waals surface area contributed by atoms with Crippen LogP contribution in [0.4, 0.5) is 0 Å². The monoisotopic (exact) mass is 460 g/mol. The summed E-state index contributed by atoms with van der Waals surface area (Å²) in [7, 11) is 0. The lowest BCUT2D eigenvalue weighted by atomic mass is 12.0. The molecular weight excluding hydrogens is 457 g/mol. The minimum absolute atomic E-state index is 1.42. The van der Waals surface area contributed by atoms with E-state index in [2.05, 4.69) is 18.9 Å². The minimum Gasteiger partial charge on any atom is -0.121 e. The molecule has 0 aromatic rings. The molecule has 2 aliphatic heterocycles. The van der Waals surface area contributed by atoms with E-state index < -0.39 is 15.4 Å². The van der Waals surface area contributed by atoms with Crippen molar-refractivity contribution in [2.24, 2.45) is 0 Å². The van der Waals surface area contributed by atoms with Gasteiger partial charge in [-0.05, 0) is 39.7 Å². The molecule has 2 heterocycles. The molecule has 2 fully saturated rings. The fourth-order valence-electron chi connectivity index (χ4n) is 0.858. The molecule has 0 nitrogen and oxygen atoms in total. The maximum absolute atomic E-state index is 5.76. The molecule has 0 saturated carbocycles. The van der Waals surface area contributed by atoms with Crippen molar-refractivity contribution >= 4 is 130 Å². The Balaban J connectivity index is 2.51. The maximum atomic E-state index is 5.76. The van der Waals surface area contributed by atoms with E-state index in [0.29, 0.717) is 0 Å². The number of hydrogen-bond donors (Lipinski definition) is 1. The Hall–Kier alpha value is 4.70. The molecule has 0 aliphatic carbocycles. The van der Waals surface area contributed by atoms with Gasteiger partial charge in [0.2, 0.25) is 0 Å². The molecule has 2 bridgehead atoms. The van der Waals surface area contributed by atoms with Crippen LogP contribution in [0.2, 0.25) is 0 Å². The van der Waals surface area contributed by atoms with E-state index >= 15 is 0 Å². The third-order valence-corrected chi connectivity index (χ3v) is 80.5. The first kappa shape index (κ1) is 16.1. The van der Waals surface area contributed by atoms with Gasteiger partial charge < -0.3 is 0 Å². The first-order chi connectivity index (χ1) is 6.54. The van der Waals surface area contributed by atoms with Gasteiger partial charge in [0.15, 0.2) is 0 Å². The highest BCUT2D eigenvalue weighted by atomic mass is 34.0. The van der Waals surface area contributed by atoms with Gasteiger partial charge in [-0.2, -0.15) is 0 Å². The second-order valence-electron chi connectivity index (χ2n) is 2.54.